The minimum absolute atomic E-state index is 0. The predicted octanol–water partition coefficient (Wildman–Crippen LogP) is 3.79. The average molecular weight is 311 g/mol. The van der Waals surface area contributed by atoms with Gasteiger partial charge in [-0.2, -0.15) is 0 Å². The third kappa shape index (κ3) is 3.22. The molecule has 5 heteroatoms. The molecule has 0 saturated heterocycles. The zero-order valence-electron chi connectivity index (χ0n) is 11.0. The van der Waals surface area contributed by atoms with Crippen LogP contribution in [-0.4, -0.2) is 15.8 Å². The van der Waals surface area contributed by atoms with Crippen molar-refractivity contribution in [3.05, 3.63) is 52.1 Å². The molecule has 0 aliphatic heterocycles. The van der Waals surface area contributed by atoms with E-state index in [0.29, 0.717) is 17.0 Å². The lowest BCUT2D eigenvalue weighted by molar-refractivity contribution is 0.0991. The van der Waals surface area contributed by atoms with Gasteiger partial charge in [-0.3, -0.25) is 4.79 Å². The molecule has 1 aliphatic carbocycles. The Morgan fingerprint density at radius 3 is 2.60 bits per heavy atom. The molecule has 0 amide bonds. The van der Waals surface area contributed by atoms with Crippen LogP contribution in [0.25, 0.3) is 0 Å². The number of hydrogen-bond donors (Lipinski definition) is 1. The summed E-state index contributed by atoms with van der Waals surface area (Å²) < 4.78 is 0. The summed E-state index contributed by atoms with van der Waals surface area (Å²) in [5.41, 5.74) is 3.04. The van der Waals surface area contributed by atoms with E-state index in [1.165, 1.54) is 18.5 Å². The number of nitrogens with one attached hydrogen (secondary N) is 1. The Morgan fingerprint density at radius 2 is 1.90 bits per heavy atom. The van der Waals surface area contributed by atoms with Crippen molar-refractivity contribution in [2.45, 2.75) is 32.1 Å². The number of aryl methyl sites for hydroxylation is 2. The zero-order valence-corrected chi connectivity index (χ0v) is 12.6. The van der Waals surface area contributed by atoms with E-state index in [4.69, 9.17) is 11.6 Å². The van der Waals surface area contributed by atoms with Crippen LogP contribution in [0.3, 0.4) is 0 Å². The fourth-order valence-corrected chi connectivity index (χ4v) is 2.61. The predicted molar refractivity (Wildman–Crippen MR) is 82.0 cm³/mol. The maximum atomic E-state index is 12.1. The molecule has 1 heterocycles. The van der Waals surface area contributed by atoms with Gasteiger partial charge in [-0.05, 0) is 49.9 Å². The molecule has 3 nitrogen and oxygen atoms in total. The number of hydrogen-bond acceptors (Lipinski definition) is 2. The van der Waals surface area contributed by atoms with Gasteiger partial charge in [0.05, 0.1) is 12.1 Å². The van der Waals surface area contributed by atoms with E-state index in [0.717, 1.165) is 24.4 Å². The standard InChI is InChI=1S/C15H15ClN2O.ClH/c16-11-7-5-10(6-8-11)14(19)9-15-17-12-3-1-2-4-13(12)18-15;/h5-8H,1-4,9H2,(H,17,18);1H. The molecule has 20 heavy (non-hydrogen) atoms. The van der Waals surface area contributed by atoms with Gasteiger partial charge in [0.2, 0.25) is 0 Å². The van der Waals surface area contributed by atoms with Crippen molar-refractivity contribution in [3.8, 4) is 0 Å². The highest BCUT2D eigenvalue weighted by molar-refractivity contribution is 6.30. The highest BCUT2D eigenvalue weighted by Gasteiger charge is 2.16. The first kappa shape index (κ1) is 15.1. The van der Waals surface area contributed by atoms with E-state index < -0.39 is 0 Å². The van der Waals surface area contributed by atoms with E-state index in [9.17, 15) is 4.79 Å². The normalized spacial score (nSPS) is 13.4. The first-order valence-electron chi connectivity index (χ1n) is 6.58. The number of Topliss-reactive ketones (excluding diaryl/α,β-unsaturated/α-hetero) is 1. The number of aromatic nitrogens is 2. The van der Waals surface area contributed by atoms with Gasteiger partial charge in [-0.15, -0.1) is 12.4 Å². The molecule has 1 aliphatic rings. The number of fused-ring (bicyclic) bond motifs is 1. The number of H-pyrrole nitrogens is 1. The lowest BCUT2D eigenvalue weighted by atomic mass is 10.0. The second-order valence-electron chi connectivity index (χ2n) is 4.92. The summed E-state index contributed by atoms with van der Waals surface area (Å²) in [4.78, 5) is 20.0. The molecule has 0 saturated carbocycles. The van der Waals surface area contributed by atoms with Gasteiger partial charge in [-0.25, -0.2) is 4.98 Å². The molecule has 0 spiro atoms. The second-order valence-corrected chi connectivity index (χ2v) is 5.36. The number of ketones is 1. The first-order valence-corrected chi connectivity index (χ1v) is 6.95. The molecule has 0 bridgehead atoms. The Morgan fingerprint density at radius 1 is 1.20 bits per heavy atom. The summed E-state index contributed by atoms with van der Waals surface area (Å²) in [6.07, 6.45) is 4.81. The second kappa shape index (κ2) is 6.42. The lowest BCUT2D eigenvalue weighted by Crippen LogP contribution is -2.04. The van der Waals surface area contributed by atoms with Crippen LogP contribution in [0, 0.1) is 0 Å². The van der Waals surface area contributed by atoms with Crippen LogP contribution < -0.4 is 0 Å². The Bertz CT molecular complexity index is 581. The zero-order chi connectivity index (χ0) is 13.2. The van der Waals surface area contributed by atoms with Crippen LogP contribution in [0.1, 0.15) is 40.4 Å². The molecular weight excluding hydrogens is 295 g/mol. The Balaban J connectivity index is 0.00000147. The van der Waals surface area contributed by atoms with Crippen molar-refractivity contribution in [3.63, 3.8) is 0 Å². The third-order valence-corrected chi connectivity index (χ3v) is 3.75. The Labute approximate surface area is 129 Å². The number of nitrogens with zero attached hydrogens (tertiary/aromatic N) is 1. The number of rotatable bonds is 3. The number of imidazole rings is 1. The van der Waals surface area contributed by atoms with Crippen molar-refractivity contribution in [2.24, 2.45) is 0 Å². The number of carbonyl (C=O) groups is 1. The quantitative estimate of drug-likeness (QED) is 0.877. The van der Waals surface area contributed by atoms with E-state index >= 15 is 0 Å². The van der Waals surface area contributed by atoms with Crippen LogP contribution in [0.5, 0.6) is 0 Å². The summed E-state index contributed by atoms with van der Waals surface area (Å²) >= 11 is 5.82. The van der Waals surface area contributed by atoms with Gasteiger partial charge >= 0.3 is 0 Å². The maximum absolute atomic E-state index is 12.1. The number of benzene rings is 1. The SMILES string of the molecule is Cl.O=C(Cc1nc2c([nH]1)CCCC2)c1ccc(Cl)cc1. The molecule has 0 radical (unpaired) electrons. The van der Waals surface area contributed by atoms with E-state index in [1.54, 1.807) is 24.3 Å². The molecule has 3 rings (SSSR count). The largest absolute Gasteiger partial charge is 0.345 e. The molecular formula is C15H16Cl2N2O. The fourth-order valence-electron chi connectivity index (χ4n) is 2.49. The summed E-state index contributed by atoms with van der Waals surface area (Å²) in [7, 11) is 0. The van der Waals surface area contributed by atoms with Crippen LogP contribution in [0.4, 0.5) is 0 Å². The van der Waals surface area contributed by atoms with Crippen molar-refractivity contribution in [2.75, 3.05) is 0 Å². The molecule has 0 atom stereocenters. The monoisotopic (exact) mass is 310 g/mol. The van der Waals surface area contributed by atoms with Crippen LogP contribution >= 0.6 is 24.0 Å². The van der Waals surface area contributed by atoms with E-state index in [1.807, 2.05) is 0 Å². The van der Waals surface area contributed by atoms with Crippen molar-refractivity contribution in [1.82, 2.24) is 9.97 Å². The highest BCUT2D eigenvalue weighted by Crippen LogP contribution is 2.19. The molecule has 0 unspecified atom stereocenters. The van der Waals surface area contributed by atoms with Gasteiger partial charge in [0.15, 0.2) is 5.78 Å². The van der Waals surface area contributed by atoms with Crippen LogP contribution in [-0.2, 0) is 19.3 Å². The molecule has 1 aromatic heterocycles. The van der Waals surface area contributed by atoms with Gasteiger partial charge in [0, 0.05) is 16.3 Å². The molecule has 2 aromatic rings. The fraction of sp³-hybridized carbons (Fsp3) is 0.333. The van der Waals surface area contributed by atoms with E-state index in [-0.39, 0.29) is 18.2 Å². The van der Waals surface area contributed by atoms with Gasteiger partial charge in [0.1, 0.15) is 5.82 Å². The van der Waals surface area contributed by atoms with Crippen molar-refractivity contribution in [1.29, 1.82) is 0 Å². The number of carbonyl (C=O) groups excluding carboxylic acids is 1. The molecule has 1 N–H and O–H groups in total. The highest BCUT2D eigenvalue weighted by atomic mass is 35.5. The Kier molecular flexibility index (Phi) is 4.84. The third-order valence-electron chi connectivity index (χ3n) is 3.50. The minimum Gasteiger partial charge on any atom is -0.345 e. The molecule has 106 valence electrons. The lowest BCUT2D eigenvalue weighted by Gasteiger charge is -2.07. The summed E-state index contributed by atoms with van der Waals surface area (Å²) in [5.74, 6) is 0.856. The smallest absolute Gasteiger partial charge is 0.170 e. The summed E-state index contributed by atoms with van der Waals surface area (Å²) in [6.45, 7) is 0. The number of aromatic amines is 1. The van der Waals surface area contributed by atoms with Crippen LogP contribution in [0.15, 0.2) is 24.3 Å². The van der Waals surface area contributed by atoms with Crippen molar-refractivity contribution < 1.29 is 4.79 Å². The Hall–Kier alpha value is -1.32. The first-order chi connectivity index (χ1) is 9.22. The van der Waals surface area contributed by atoms with E-state index in [2.05, 4.69) is 9.97 Å². The topological polar surface area (TPSA) is 45.8 Å². The maximum Gasteiger partial charge on any atom is 0.170 e. The molecule has 1 aromatic carbocycles. The van der Waals surface area contributed by atoms with Gasteiger partial charge < -0.3 is 4.98 Å². The average Bonchev–Trinajstić information content (AvgIpc) is 2.81. The van der Waals surface area contributed by atoms with Crippen LogP contribution in [0.2, 0.25) is 5.02 Å². The number of halogens is 2. The van der Waals surface area contributed by atoms with Gasteiger partial charge in [-0.1, -0.05) is 11.6 Å². The minimum atomic E-state index is 0. The molecule has 0 fully saturated rings. The summed E-state index contributed by atoms with van der Waals surface area (Å²) in [5, 5.41) is 0.644. The van der Waals surface area contributed by atoms with Gasteiger partial charge in [0.25, 0.3) is 0 Å². The van der Waals surface area contributed by atoms with Crippen molar-refractivity contribution >= 4 is 29.8 Å². The summed E-state index contributed by atoms with van der Waals surface area (Å²) in [6, 6.07) is 6.99.